The van der Waals surface area contributed by atoms with Gasteiger partial charge in [0.2, 0.25) is 0 Å². The Morgan fingerprint density at radius 1 is 1.50 bits per heavy atom. The van der Waals surface area contributed by atoms with Gasteiger partial charge in [0.15, 0.2) is 0 Å². The number of aliphatic hydroxyl groups is 1. The topological polar surface area (TPSA) is 46.2 Å². The van der Waals surface area contributed by atoms with Crippen molar-refractivity contribution in [2.24, 2.45) is 0 Å². The highest BCUT2D eigenvalue weighted by molar-refractivity contribution is 5.41. The summed E-state index contributed by atoms with van der Waals surface area (Å²) < 4.78 is 0. The van der Waals surface area contributed by atoms with Crippen LogP contribution in [0.3, 0.4) is 0 Å². The zero-order chi connectivity index (χ0) is 10.4. The van der Waals surface area contributed by atoms with E-state index < -0.39 is 6.10 Å². The highest BCUT2D eigenvalue weighted by Crippen LogP contribution is 2.20. The van der Waals surface area contributed by atoms with Gasteiger partial charge in [-0.3, -0.25) is 0 Å². The van der Waals surface area contributed by atoms with E-state index in [2.05, 4.69) is 6.58 Å². The van der Waals surface area contributed by atoms with Gasteiger partial charge in [-0.15, -0.1) is 6.58 Å². The van der Waals surface area contributed by atoms with Gasteiger partial charge < -0.3 is 10.8 Å². The van der Waals surface area contributed by atoms with E-state index >= 15 is 0 Å². The quantitative estimate of drug-likeness (QED) is 0.427. The van der Waals surface area contributed by atoms with Crippen molar-refractivity contribution in [2.75, 3.05) is 5.73 Å². The van der Waals surface area contributed by atoms with Crippen LogP contribution in [0.1, 0.15) is 30.9 Å². The van der Waals surface area contributed by atoms with Crippen LogP contribution in [0.2, 0.25) is 0 Å². The summed E-state index contributed by atoms with van der Waals surface area (Å²) in [5, 5.41) is 9.78. The largest absolute Gasteiger partial charge is 0.399 e. The van der Waals surface area contributed by atoms with Gasteiger partial charge in [0.25, 0.3) is 0 Å². The van der Waals surface area contributed by atoms with Gasteiger partial charge in [0.1, 0.15) is 0 Å². The van der Waals surface area contributed by atoms with E-state index in [1.807, 2.05) is 30.3 Å². The summed E-state index contributed by atoms with van der Waals surface area (Å²) in [6, 6.07) is 7.40. The van der Waals surface area contributed by atoms with E-state index in [-0.39, 0.29) is 0 Å². The highest BCUT2D eigenvalue weighted by Gasteiger charge is 2.06. The number of hydrogen-bond donors (Lipinski definition) is 2. The molecule has 3 N–H and O–H groups in total. The first kappa shape index (κ1) is 10.8. The lowest BCUT2D eigenvalue weighted by atomic mass is 10.0. The molecule has 0 heterocycles. The zero-order valence-electron chi connectivity index (χ0n) is 8.32. The number of aliphatic hydroxyl groups excluding tert-OH is 1. The standard InChI is InChI=1S/C12H17NO/c1-2-3-4-8-12(14)10-6-5-7-11(13)9-10/h2,5-7,9,12,14H,1,3-4,8,13H2. The summed E-state index contributed by atoms with van der Waals surface area (Å²) in [4.78, 5) is 0. The van der Waals surface area contributed by atoms with Crippen LogP contribution in [0.5, 0.6) is 0 Å². The number of benzene rings is 1. The molecule has 0 saturated heterocycles. The fourth-order valence-electron chi connectivity index (χ4n) is 1.39. The molecule has 0 aliphatic heterocycles. The Bertz CT molecular complexity index is 296. The normalized spacial score (nSPS) is 12.4. The molecule has 1 aromatic carbocycles. The highest BCUT2D eigenvalue weighted by atomic mass is 16.3. The number of anilines is 1. The molecule has 14 heavy (non-hydrogen) atoms. The first-order valence-electron chi connectivity index (χ1n) is 4.88. The van der Waals surface area contributed by atoms with Crippen molar-refractivity contribution in [3.63, 3.8) is 0 Å². The minimum atomic E-state index is -0.404. The Kier molecular flexibility index (Phi) is 4.20. The minimum Gasteiger partial charge on any atom is -0.399 e. The van der Waals surface area contributed by atoms with Gasteiger partial charge in [-0.1, -0.05) is 18.2 Å². The molecular weight excluding hydrogens is 174 g/mol. The molecule has 1 aromatic rings. The lowest BCUT2D eigenvalue weighted by Gasteiger charge is -2.10. The SMILES string of the molecule is C=CCCCC(O)c1cccc(N)c1. The number of rotatable bonds is 5. The Morgan fingerprint density at radius 3 is 2.93 bits per heavy atom. The Morgan fingerprint density at radius 2 is 2.29 bits per heavy atom. The number of nitrogen functional groups attached to an aromatic ring is 1. The van der Waals surface area contributed by atoms with Gasteiger partial charge in [-0.05, 0) is 37.0 Å². The van der Waals surface area contributed by atoms with E-state index in [4.69, 9.17) is 5.73 Å². The van der Waals surface area contributed by atoms with Gasteiger partial charge in [-0.2, -0.15) is 0 Å². The summed E-state index contributed by atoms with van der Waals surface area (Å²) in [7, 11) is 0. The second-order valence-electron chi connectivity index (χ2n) is 3.41. The smallest absolute Gasteiger partial charge is 0.0790 e. The minimum absolute atomic E-state index is 0.404. The summed E-state index contributed by atoms with van der Waals surface area (Å²) in [5.41, 5.74) is 7.22. The molecule has 0 aromatic heterocycles. The van der Waals surface area contributed by atoms with Crippen LogP contribution >= 0.6 is 0 Å². The van der Waals surface area contributed by atoms with Crippen molar-refractivity contribution in [3.05, 3.63) is 42.5 Å². The molecular formula is C12H17NO. The maximum Gasteiger partial charge on any atom is 0.0790 e. The van der Waals surface area contributed by atoms with Gasteiger partial charge in [-0.25, -0.2) is 0 Å². The molecule has 76 valence electrons. The van der Waals surface area contributed by atoms with Gasteiger partial charge in [0.05, 0.1) is 6.10 Å². The number of allylic oxidation sites excluding steroid dienone is 1. The zero-order valence-corrected chi connectivity index (χ0v) is 8.32. The maximum absolute atomic E-state index is 9.78. The molecule has 0 saturated carbocycles. The fraction of sp³-hybridized carbons (Fsp3) is 0.333. The van der Waals surface area contributed by atoms with Crippen LogP contribution in [-0.4, -0.2) is 5.11 Å². The first-order valence-corrected chi connectivity index (χ1v) is 4.88. The van der Waals surface area contributed by atoms with Gasteiger partial charge in [0, 0.05) is 5.69 Å². The number of nitrogens with two attached hydrogens (primary N) is 1. The van der Waals surface area contributed by atoms with Crippen LogP contribution < -0.4 is 5.73 Å². The first-order chi connectivity index (χ1) is 6.74. The lowest BCUT2D eigenvalue weighted by molar-refractivity contribution is 0.165. The van der Waals surface area contributed by atoms with E-state index in [9.17, 15) is 5.11 Å². The predicted molar refractivity (Wildman–Crippen MR) is 59.9 cm³/mol. The molecule has 0 amide bonds. The molecule has 0 radical (unpaired) electrons. The molecule has 0 fully saturated rings. The number of unbranched alkanes of at least 4 members (excludes halogenated alkanes) is 1. The van der Waals surface area contributed by atoms with Crippen molar-refractivity contribution in [3.8, 4) is 0 Å². The summed E-state index contributed by atoms with van der Waals surface area (Å²) in [6.45, 7) is 3.64. The maximum atomic E-state index is 9.78. The molecule has 0 aliphatic rings. The van der Waals surface area contributed by atoms with Crippen molar-refractivity contribution < 1.29 is 5.11 Å². The molecule has 1 unspecified atom stereocenters. The van der Waals surface area contributed by atoms with Crippen molar-refractivity contribution in [1.82, 2.24) is 0 Å². The Labute approximate surface area is 85.1 Å². The fourth-order valence-corrected chi connectivity index (χ4v) is 1.39. The van der Waals surface area contributed by atoms with Crippen LogP contribution in [-0.2, 0) is 0 Å². The average molecular weight is 191 g/mol. The molecule has 0 aliphatic carbocycles. The number of hydrogen-bond acceptors (Lipinski definition) is 2. The van der Waals surface area contributed by atoms with Crippen molar-refractivity contribution >= 4 is 5.69 Å². The molecule has 1 rings (SSSR count). The summed E-state index contributed by atoms with van der Waals surface area (Å²) in [6.07, 6.45) is 4.12. The Hall–Kier alpha value is -1.28. The van der Waals surface area contributed by atoms with Crippen LogP contribution in [0.25, 0.3) is 0 Å². The van der Waals surface area contributed by atoms with E-state index in [1.54, 1.807) is 0 Å². The second-order valence-corrected chi connectivity index (χ2v) is 3.41. The summed E-state index contributed by atoms with van der Waals surface area (Å²) >= 11 is 0. The third-order valence-corrected chi connectivity index (χ3v) is 2.18. The lowest BCUT2D eigenvalue weighted by Crippen LogP contribution is -1.98. The monoisotopic (exact) mass is 191 g/mol. The second kappa shape index (κ2) is 5.45. The summed E-state index contributed by atoms with van der Waals surface area (Å²) in [5.74, 6) is 0. The van der Waals surface area contributed by atoms with Gasteiger partial charge >= 0.3 is 0 Å². The van der Waals surface area contributed by atoms with E-state index in [0.29, 0.717) is 5.69 Å². The van der Waals surface area contributed by atoms with E-state index in [0.717, 1.165) is 24.8 Å². The van der Waals surface area contributed by atoms with E-state index in [1.165, 1.54) is 0 Å². The average Bonchev–Trinajstić information content (AvgIpc) is 2.18. The molecule has 2 heteroatoms. The molecule has 1 atom stereocenters. The van der Waals surface area contributed by atoms with Crippen molar-refractivity contribution in [2.45, 2.75) is 25.4 Å². The van der Waals surface area contributed by atoms with Crippen molar-refractivity contribution in [1.29, 1.82) is 0 Å². The predicted octanol–water partition coefficient (Wildman–Crippen LogP) is 2.66. The third kappa shape index (κ3) is 3.23. The van der Waals surface area contributed by atoms with Crippen LogP contribution in [0.4, 0.5) is 5.69 Å². The molecule has 2 nitrogen and oxygen atoms in total. The molecule has 0 bridgehead atoms. The van der Waals surface area contributed by atoms with Crippen LogP contribution in [0.15, 0.2) is 36.9 Å². The Balaban J connectivity index is 2.51. The van der Waals surface area contributed by atoms with Crippen LogP contribution in [0, 0.1) is 0 Å². The molecule has 0 spiro atoms. The third-order valence-electron chi connectivity index (χ3n) is 2.18.